The molecule has 4 rings (SSSR count). The van der Waals surface area contributed by atoms with Crippen molar-refractivity contribution in [3.8, 4) is 5.69 Å². The van der Waals surface area contributed by atoms with E-state index in [2.05, 4.69) is 32.3 Å². The number of hydrogen-bond acceptors (Lipinski definition) is 5. The van der Waals surface area contributed by atoms with E-state index in [0.29, 0.717) is 13.0 Å². The molecule has 0 spiro atoms. The van der Waals surface area contributed by atoms with Crippen molar-refractivity contribution in [3.63, 3.8) is 0 Å². The Hall–Kier alpha value is -3.66. The molecule has 10 heteroatoms. The first-order valence-electron chi connectivity index (χ1n) is 11.8. The van der Waals surface area contributed by atoms with Gasteiger partial charge in [-0.25, -0.2) is 4.68 Å². The maximum Gasteiger partial charge on any atom is 0.418 e. The van der Waals surface area contributed by atoms with Gasteiger partial charge in [0.1, 0.15) is 0 Å². The topological polar surface area (TPSA) is 70.5 Å². The van der Waals surface area contributed by atoms with Crippen molar-refractivity contribution in [2.45, 2.75) is 19.5 Å². The molecule has 1 N–H and O–H groups in total. The second-order valence-corrected chi connectivity index (χ2v) is 8.70. The van der Waals surface area contributed by atoms with Crippen LogP contribution in [-0.2, 0) is 6.18 Å². The number of nitrogens with one attached hydrogen (secondary N) is 1. The summed E-state index contributed by atoms with van der Waals surface area (Å²) in [6.07, 6.45) is -3.93. The smallest absolute Gasteiger partial charge is 0.369 e. The van der Waals surface area contributed by atoms with Gasteiger partial charge in [0.2, 0.25) is 5.43 Å². The van der Waals surface area contributed by atoms with Crippen LogP contribution in [0.2, 0.25) is 0 Å². The molecule has 0 atom stereocenters. The zero-order chi connectivity index (χ0) is 25.7. The molecule has 7 nitrogen and oxygen atoms in total. The Morgan fingerprint density at radius 2 is 1.67 bits per heavy atom. The number of halogens is 3. The number of carbonyl (C=O) groups excluding carboxylic acids is 1. The van der Waals surface area contributed by atoms with Crippen LogP contribution in [0.5, 0.6) is 0 Å². The summed E-state index contributed by atoms with van der Waals surface area (Å²) in [7, 11) is 0. The van der Waals surface area contributed by atoms with E-state index in [4.69, 9.17) is 0 Å². The molecule has 3 aromatic rings. The lowest BCUT2D eigenvalue weighted by Gasteiger charge is -2.36. The number of para-hydroxylation sites is 2. The first-order valence-corrected chi connectivity index (χ1v) is 11.8. The number of carbonyl (C=O) groups is 1. The number of piperazine rings is 1. The summed E-state index contributed by atoms with van der Waals surface area (Å²) >= 11 is 0. The lowest BCUT2D eigenvalue weighted by molar-refractivity contribution is -0.137. The first-order chi connectivity index (χ1) is 17.2. The molecule has 0 unspecified atom stereocenters. The van der Waals surface area contributed by atoms with Gasteiger partial charge in [-0.3, -0.25) is 14.5 Å². The van der Waals surface area contributed by atoms with Crippen LogP contribution in [0.25, 0.3) is 5.69 Å². The Balaban J connectivity index is 1.34. The van der Waals surface area contributed by atoms with Gasteiger partial charge in [0.25, 0.3) is 5.91 Å². The third kappa shape index (κ3) is 5.93. The van der Waals surface area contributed by atoms with Crippen LogP contribution >= 0.6 is 0 Å². The molecular formula is C26H28F3N5O2. The summed E-state index contributed by atoms with van der Waals surface area (Å²) < 4.78 is 41.4. The normalized spacial score (nSPS) is 14.6. The molecule has 1 aromatic heterocycles. The summed E-state index contributed by atoms with van der Waals surface area (Å²) in [5.74, 6) is -0.702. The Morgan fingerprint density at radius 3 is 2.36 bits per heavy atom. The van der Waals surface area contributed by atoms with Crippen molar-refractivity contribution >= 4 is 11.6 Å². The molecule has 36 heavy (non-hydrogen) atoms. The predicted octanol–water partition coefficient (Wildman–Crippen LogP) is 3.50. The minimum atomic E-state index is -4.61. The maximum absolute atomic E-state index is 13.5. The summed E-state index contributed by atoms with van der Waals surface area (Å²) in [6.45, 7) is 6.24. The van der Waals surface area contributed by atoms with Crippen molar-refractivity contribution in [1.29, 1.82) is 0 Å². The average molecular weight is 500 g/mol. The van der Waals surface area contributed by atoms with E-state index < -0.39 is 28.8 Å². The number of benzene rings is 2. The molecule has 0 aliphatic carbocycles. The second kappa shape index (κ2) is 10.9. The lowest BCUT2D eigenvalue weighted by Crippen LogP contribution is -2.47. The van der Waals surface area contributed by atoms with Gasteiger partial charge in [-0.05, 0) is 44.2 Å². The number of anilines is 1. The van der Waals surface area contributed by atoms with Crippen LogP contribution in [0.1, 0.15) is 28.2 Å². The fourth-order valence-electron chi connectivity index (χ4n) is 4.30. The molecule has 1 aliphatic rings. The SMILES string of the molecule is Cc1cc(=O)c(C(=O)NCCCN2CCN(c3ccccc3)CC2)nn1-c1ccccc1C(F)(F)F. The van der Waals surface area contributed by atoms with Gasteiger partial charge in [-0.2, -0.15) is 18.3 Å². The molecule has 0 bridgehead atoms. The van der Waals surface area contributed by atoms with E-state index in [1.165, 1.54) is 30.8 Å². The van der Waals surface area contributed by atoms with Gasteiger partial charge in [-0.1, -0.05) is 30.3 Å². The van der Waals surface area contributed by atoms with E-state index in [0.717, 1.165) is 49.5 Å². The zero-order valence-electron chi connectivity index (χ0n) is 20.0. The number of aromatic nitrogens is 2. The highest BCUT2D eigenvalue weighted by molar-refractivity contribution is 5.92. The maximum atomic E-state index is 13.5. The lowest BCUT2D eigenvalue weighted by atomic mass is 10.1. The third-order valence-corrected chi connectivity index (χ3v) is 6.19. The van der Waals surface area contributed by atoms with Gasteiger partial charge in [0, 0.05) is 50.2 Å². The van der Waals surface area contributed by atoms with Gasteiger partial charge in [0.05, 0.1) is 11.3 Å². The molecule has 0 saturated carbocycles. The van der Waals surface area contributed by atoms with Crippen LogP contribution in [0.4, 0.5) is 18.9 Å². The molecule has 1 fully saturated rings. The number of amides is 1. The second-order valence-electron chi connectivity index (χ2n) is 8.70. The molecular weight excluding hydrogens is 471 g/mol. The Labute approximate surface area is 207 Å². The highest BCUT2D eigenvalue weighted by atomic mass is 19.4. The van der Waals surface area contributed by atoms with E-state index in [1.807, 2.05) is 18.2 Å². The summed E-state index contributed by atoms with van der Waals surface area (Å²) in [4.78, 5) is 29.7. The quantitative estimate of drug-likeness (QED) is 0.504. The molecule has 1 aliphatic heterocycles. The molecule has 0 radical (unpaired) electrons. The Kier molecular flexibility index (Phi) is 7.73. The minimum absolute atomic E-state index is 0.197. The number of aryl methyl sites for hydroxylation is 1. The summed E-state index contributed by atoms with van der Waals surface area (Å²) in [5.41, 5.74) is -0.813. The first kappa shape index (κ1) is 25.4. The number of alkyl halides is 3. The van der Waals surface area contributed by atoms with Crippen molar-refractivity contribution in [3.05, 3.63) is 87.8 Å². The number of hydrogen-bond donors (Lipinski definition) is 1. The van der Waals surface area contributed by atoms with E-state index in [1.54, 1.807) is 0 Å². The van der Waals surface area contributed by atoms with Crippen LogP contribution in [0.3, 0.4) is 0 Å². The molecule has 1 amide bonds. The highest BCUT2D eigenvalue weighted by Gasteiger charge is 2.34. The number of nitrogens with zero attached hydrogens (tertiary/aromatic N) is 4. The molecule has 2 aromatic carbocycles. The van der Waals surface area contributed by atoms with Crippen molar-refractivity contribution in [2.75, 3.05) is 44.2 Å². The van der Waals surface area contributed by atoms with Gasteiger partial charge >= 0.3 is 6.18 Å². The van der Waals surface area contributed by atoms with Crippen LogP contribution in [0.15, 0.2) is 65.5 Å². The fourth-order valence-corrected chi connectivity index (χ4v) is 4.30. The van der Waals surface area contributed by atoms with Crippen molar-refractivity contribution in [1.82, 2.24) is 20.0 Å². The van der Waals surface area contributed by atoms with Crippen LogP contribution < -0.4 is 15.6 Å². The minimum Gasteiger partial charge on any atom is -0.369 e. The zero-order valence-corrected chi connectivity index (χ0v) is 20.0. The largest absolute Gasteiger partial charge is 0.418 e. The van der Waals surface area contributed by atoms with E-state index in [9.17, 15) is 22.8 Å². The average Bonchev–Trinajstić information content (AvgIpc) is 2.87. The van der Waals surface area contributed by atoms with Crippen molar-refractivity contribution in [2.24, 2.45) is 0 Å². The molecule has 1 saturated heterocycles. The third-order valence-electron chi connectivity index (χ3n) is 6.19. The molecule has 2 heterocycles. The number of rotatable bonds is 7. The predicted molar refractivity (Wildman–Crippen MR) is 132 cm³/mol. The fraction of sp³-hybridized carbons (Fsp3) is 0.346. The Bertz CT molecular complexity index is 1250. The summed E-state index contributed by atoms with van der Waals surface area (Å²) in [6, 6.07) is 16.3. The van der Waals surface area contributed by atoms with E-state index in [-0.39, 0.29) is 11.4 Å². The van der Waals surface area contributed by atoms with Gasteiger partial charge in [0.15, 0.2) is 5.69 Å². The van der Waals surface area contributed by atoms with Gasteiger partial charge < -0.3 is 10.2 Å². The monoisotopic (exact) mass is 499 g/mol. The molecule has 190 valence electrons. The standard InChI is InChI=1S/C26H28F3N5O2/c1-19-18-23(35)24(31-34(19)22-11-6-5-10-21(22)26(27,28)29)25(36)30-12-7-13-32-14-16-33(17-15-32)20-8-3-2-4-9-20/h2-6,8-11,18H,7,12-17H2,1H3,(H,30,36). The van der Waals surface area contributed by atoms with E-state index >= 15 is 0 Å². The van der Waals surface area contributed by atoms with Crippen LogP contribution in [-0.4, -0.2) is 59.9 Å². The van der Waals surface area contributed by atoms with Gasteiger partial charge in [-0.15, -0.1) is 0 Å². The highest BCUT2D eigenvalue weighted by Crippen LogP contribution is 2.33. The van der Waals surface area contributed by atoms with Crippen LogP contribution in [0, 0.1) is 6.92 Å². The summed E-state index contributed by atoms with van der Waals surface area (Å²) in [5, 5.41) is 6.68. The van der Waals surface area contributed by atoms with Crippen molar-refractivity contribution < 1.29 is 18.0 Å². The Morgan fingerprint density at radius 1 is 1.00 bits per heavy atom.